The molecule has 0 bridgehead atoms. The Kier molecular flexibility index (Phi) is 4.78. The third-order valence-electron chi connectivity index (χ3n) is 2.45. The van der Waals surface area contributed by atoms with E-state index < -0.39 is 16.3 Å². The van der Waals surface area contributed by atoms with Crippen LogP contribution in [0.2, 0.25) is 0 Å². The lowest BCUT2D eigenvalue weighted by atomic mass is 10.1. The molecule has 1 aromatic rings. The molecule has 19 heavy (non-hydrogen) atoms. The van der Waals surface area contributed by atoms with Gasteiger partial charge >= 0.3 is 5.69 Å². The van der Waals surface area contributed by atoms with E-state index in [9.17, 15) is 14.5 Å². The predicted octanol–water partition coefficient (Wildman–Crippen LogP) is 2.00. The fourth-order valence-electron chi connectivity index (χ4n) is 1.49. The normalized spacial score (nSPS) is 13.4. The van der Waals surface area contributed by atoms with E-state index in [2.05, 4.69) is 5.32 Å². The average molecular weight is 267 g/mol. The Morgan fingerprint density at radius 3 is 2.84 bits per heavy atom. The summed E-state index contributed by atoms with van der Waals surface area (Å²) in [6.07, 6.45) is 0. The van der Waals surface area contributed by atoms with E-state index in [1.54, 1.807) is 6.92 Å². The number of ether oxygens (including phenoxy) is 1. The van der Waals surface area contributed by atoms with Crippen molar-refractivity contribution in [3.8, 4) is 11.8 Å². The van der Waals surface area contributed by atoms with Crippen LogP contribution in [-0.2, 0) is 0 Å². The topological polar surface area (TPSA) is 88.2 Å². The highest BCUT2D eigenvalue weighted by Crippen LogP contribution is 2.28. The maximum Gasteiger partial charge on any atom is 0.311 e. The average Bonchev–Trinajstić information content (AvgIpc) is 2.36. The van der Waals surface area contributed by atoms with Crippen LogP contribution in [0.5, 0.6) is 5.75 Å². The first-order chi connectivity index (χ1) is 8.91. The molecule has 1 atom stereocenters. The first-order valence-electron chi connectivity index (χ1n) is 5.65. The molecule has 0 fully saturated rings. The molecule has 0 amide bonds. The van der Waals surface area contributed by atoms with E-state index in [-0.39, 0.29) is 18.0 Å². The summed E-state index contributed by atoms with van der Waals surface area (Å²) in [6.45, 7) is 3.84. The minimum absolute atomic E-state index is 0.123. The van der Waals surface area contributed by atoms with Crippen LogP contribution in [0.15, 0.2) is 18.2 Å². The minimum atomic E-state index is -0.991. The van der Waals surface area contributed by atoms with Crippen molar-refractivity contribution in [2.24, 2.45) is 0 Å². The zero-order chi connectivity index (χ0) is 14.5. The van der Waals surface area contributed by atoms with E-state index >= 15 is 0 Å². The van der Waals surface area contributed by atoms with E-state index in [4.69, 9.17) is 10.00 Å². The van der Waals surface area contributed by atoms with Gasteiger partial charge in [0.25, 0.3) is 0 Å². The van der Waals surface area contributed by atoms with Gasteiger partial charge < -0.3 is 4.74 Å². The van der Waals surface area contributed by atoms with Crippen molar-refractivity contribution in [2.45, 2.75) is 19.4 Å². The van der Waals surface area contributed by atoms with Crippen LogP contribution in [0, 0.1) is 27.3 Å². The van der Waals surface area contributed by atoms with E-state index in [1.165, 1.54) is 0 Å². The predicted molar refractivity (Wildman–Crippen MR) is 66.2 cm³/mol. The highest BCUT2D eigenvalue weighted by atomic mass is 19.1. The Labute approximate surface area is 109 Å². The highest BCUT2D eigenvalue weighted by molar-refractivity contribution is 5.46. The molecule has 1 aromatic carbocycles. The second kappa shape index (κ2) is 6.11. The van der Waals surface area contributed by atoms with Crippen LogP contribution in [0.3, 0.4) is 0 Å². The number of halogens is 1. The lowest BCUT2D eigenvalue weighted by molar-refractivity contribution is -0.386. The number of hydrogen-bond donors (Lipinski definition) is 1. The molecule has 0 heterocycles. The van der Waals surface area contributed by atoms with E-state index in [1.807, 2.05) is 13.0 Å². The third-order valence-corrected chi connectivity index (χ3v) is 2.45. The summed E-state index contributed by atoms with van der Waals surface area (Å²) in [5.74, 6) is -0.827. The first kappa shape index (κ1) is 14.9. The van der Waals surface area contributed by atoms with Crippen molar-refractivity contribution in [3.63, 3.8) is 0 Å². The number of rotatable bonds is 6. The molecule has 1 N–H and O–H groups in total. The molecule has 0 aromatic heterocycles. The Balaban J connectivity index is 2.91. The van der Waals surface area contributed by atoms with Crippen molar-refractivity contribution in [1.82, 2.24) is 5.32 Å². The smallest absolute Gasteiger partial charge is 0.311 e. The van der Waals surface area contributed by atoms with Crippen LogP contribution in [0.25, 0.3) is 0 Å². The second-order valence-electron chi connectivity index (χ2n) is 4.13. The SMILES string of the molecule is CCNC(C)(C#N)COc1cc(F)ccc1[N+](=O)[O-]. The quantitative estimate of drug-likeness (QED) is 0.629. The molecule has 1 rings (SSSR count). The number of nitriles is 1. The number of likely N-dealkylation sites (N-methyl/N-ethyl adjacent to an activating group) is 1. The molecule has 1 unspecified atom stereocenters. The second-order valence-corrected chi connectivity index (χ2v) is 4.13. The zero-order valence-corrected chi connectivity index (χ0v) is 10.6. The maximum atomic E-state index is 13.1. The summed E-state index contributed by atoms with van der Waals surface area (Å²) in [5, 5.41) is 22.7. The number of nitro benzene ring substituents is 1. The van der Waals surface area contributed by atoms with Crippen molar-refractivity contribution in [1.29, 1.82) is 5.26 Å². The first-order valence-corrected chi connectivity index (χ1v) is 5.65. The molecule has 6 nitrogen and oxygen atoms in total. The molecule has 0 spiro atoms. The van der Waals surface area contributed by atoms with Crippen LogP contribution in [0.4, 0.5) is 10.1 Å². The van der Waals surface area contributed by atoms with E-state index in [0.29, 0.717) is 6.54 Å². The third kappa shape index (κ3) is 3.89. The van der Waals surface area contributed by atoms with Crippen LogP contribution in [-0.4, -0.2) is 23.6 Å². The zero-order valence-electron chi connectivity index (χ0n) is 10.6. The fraction of sp³-hybridized carbons (Fsp3) is 0.417. The molecule has 7 heteroatoms. The van der Waals surface area contributed by atoms with Crippen molar-refractivity contribution < 1.29 is 14.1 Å². The summed E-state index contributed by atoms with van der Waals surface area (Å²) >= 11 is 0. The Hall–Kier alpha value is -2.20. The van der Waals surface area contributed by atoms with Crippen LogP contribution in [0.1, 0.15) is 13.8 Å². The summed E-state index contributed by atoms with van der Waals surface area (Å²) in [4.78, 5) is 10.1. The number of nitro groups is 1. The van der Waals surface area contributed by atoms with Crippen LogP contribution < -0.4 is 10.1 Å². The summed E-state index contributed by atoms with van der Waals surface area (Å²) in [6, 6.07) is 4.96. The summed E-state index contributed by atoms with van der Waals surface area (Å²) in [7, 11) is 0. The molecule has 102 valence electrons. The van der Waals surface area contributed by atoms with Gasteiger partial charge in [-0.15, -0.1) is 0 Å². The van der Waals surface area contributed by atoms with Gasteiger partial charge in [-0.25, -0.2) is 4.39 Å². The lowest BCUT2D eigenvalue weighted by Crippen LogP contribution is -2.46. The van der Waals surface area contributed by atoms with Gasteiger partial charge in [0.05, 0.1) is 11.0 Å². The maximum absolute atomic E-state index is 13.1. The van der Waals surface area contributed by atoms with Gasteiger partial charge in [0, 0.05) is 12.1 Å². The van der Waals surface area contributed by atoms with Gasteiger partial charge in [0.2, 0.25) is 0 Å². The van der Waals surface area contributed by atoms with Crippen molar-refractivity contribution in [3.05, 3.63) is 34.1 Å². The van der Waals surface area contributed by atoms with Gasteiger partial charge in [-0.05, 0) is 19.5 Å². The van der Waals surface area contributed by atoms with Gasteiger partial charge in [-0.1, -0.05) is 6.92 Å². The Morgan fingerprint density at radius 1 is 1.63 bits per heavy atom. The number of hydrogen-bond acceptors (Lipinski definition) is 5. The molecular weight excluding hydrogens is 253 g/mol. The molecule has 0 saturated carbocycles. The van der Waals surface area contributed by atoms with Gasteiger partial charge in [-0.3, -0.25) is 15.4 Å². The standard InChI is InChI=1S/C12H14FN3O3/c1-3-15-12(2,7-14)8-19-11-6-9(13)4-5-10(11)16(17)18/h4-6,15H,3,8H2,1-2H3. The van der Waals surface area contributed by atoms with Gasteiger partial charge in [0.1, 0.15) is 18.0 Å². The highest BCUT2D eigenvalue weighted by Gasteiger charge is 2.25. The van der Waals surface area contributed by atoms with Gasteiger partial charge in [0.15, 0.2) is 5.75 Å². The molecule has 0 aliphatic heterocycles. The lowest BCUT2D eigenvalue weighted by Gasteiger charge is -2.22. The fourth-order valence-corrected chi connectivity index (χ4v) is 1.49. The molecule has 0 aliphatic carbocycles. The molecule has 0 aliphatic rings. The number of nitrogens with zero attached hydrogens (tertiary/aromatic N) is 2. The molecular formula is C12H14FN3O3. The summed E-state index contributed by atoms with van der Waals surface area (Å²) < 4.78 is 18.3. The van der Waals surface area contributed by atoms with Crippen molar-refractivity contribution >= 4 is 5.69 Å². The Morgan fingerprint density at radius 2 is 2.32 bits per heavy atom. The minimum Gasteiger partial charge on any atom is -0.484 e. The van der Waals surface area contributed by atoms with E-state index in [0.717, 1.165) is 18.2 Å². The monoisotopic (exact) mass is 267 g/mol. The number of benzene rings is 1. The summed E-state index contributed by atoms with van der Waals surface area (Å²) in [5.41, 5.74) is -1.33. The van der Waals surface area contributed by atoms with Crippen LogP contribution >= 0.6 is 0 Å². The molecule has 0 radical (unpaired) electrons. The van der Waals surface area contributed by atoms with Gasteiger partial charge in [-0.2, -0.15) is 5.26 Å². The number of nitrogens with one attached hydrogen (secondary N) is 1. The largest absolute Gasteiger partial charge is 0.484 e. The Bertz CT molecular complexity index is 515. The van der Waals surface area contributed by atoms with Crippen molar-refractivity contribution in [2.75, 3.05) is 13.2 Å². The molecule has 0 saturated heterocycles.